The van der Waals surface area contributed by atoms with Crippen molar-refractivity contribution in [3.05, 3.63) is 17.9 Å². The minimum atomic E-state index is -3.72. The molecule has 1 aromatic heterocycles. The van der Waals surface area contributed by atoms with Gasteiger partial charge in [-0.05, 0) is 24.3 Å². The van der Waals surface area contributed by atoms with E-state index in [1.165, 1.54) is 11.8 Å². The van der Waals surface area contributed by atoms with Crippen molar-refractivity contribution in [3.8, 4) is 0 Å². The van der Waals surface area contributed by atoms with Gasteiger partial charge >= 0.3 is 0 Å². The van der Waals surface area contributed by atoms with E-state index >= 15 is 0 Å². The van der Waals surface area contributed by atoms with Crippen LogP contribution in [-0.4, -0.2) is 26.0 Å². The van der Waals surface area contributed by atoms with Gasteiger partial charge in [0.1, 0.15) is 5.76 Å². The van der Waals surface area contributed by atoms with E-state index in [9.17, 15) is 8.42 Å². The van der Waals surface area contributed by atoms with Crippen molar-refractivity contribution in [1.82, 2.24) is 5.32 Å². The second kappa shape index (κ2) is 4.79. The quantitative estimate of drug-likeness (QED) is 0.826. The zero-order valence-electron chi connectivity index (χ0n) is 8.68. The molecule has 2 rings (SSSR count). The van der Waals surface area contributed by atoms with E-state index in [2.05, 4.69) is 5.32 Å². The standard InChI is InChI=1S/C9H14N2O3S2/c10-16(12,13)9-2-1-8(14-9)5-11-7-3-4-15-6-7/h1-2,7,11H,3-6H2,(H2,10,12,13). The topological polar surface area (TPSA) is 85.3 Å². The third kappa shape index (κ3) is 3.00. The molecule has 0 aromatic carbocycles. The van der Waals surface area contributed by atoms with Gasteiger partial charge in [-0.1, -0.05) is 0 Å². The first-order valence-corrected chi connectivity index (χ1v) is 7.68. The fourth-order valence-corrected chi connectivity index (χ4v) is 3.21. The van der Waals surface area contributed by atoms with Crippen LogP contribution in [0.3, 0.4) is 0 Å². The fourth-order valence-electron chi connectivity index (χ4n) is 1.55. The first-order chi connectivity index (χ1) is 7.55. The van der Waals surface area contributed by atoms with E-state index in [1.807, 2.05) is 11.8 Å². The van der Waals surface area contributed by atoms with Crippen LogP contribution in [0.15, 0.2) is 21.6 Å². The first-order valence-electron chi connectivity index (χ1n) is 4.98. The third-order valence-corrected chi connectivity index (χ3v) is 4.35. The van der Waals surface area contributed by atoms with Gasteiger partial charge in [-0.2, -0.15) is 11.8 Å². The van der Waals surface area contributed by atoms with Crippen molar-refractivity contribution in [2.45, 2.75) is 24.1 Å². The van der Waals surface area contributed by atoms with Crippen molar-refractivity contribution < 1.29 is 12.8 Å². The van der Waals surface area contributed by atoms with Crippen LogP contribution in [0.5, 0.6) is 0 Å². The molecule has 1 aliphatic heterocycles. The van der Waals surface area contributed by atoms with Crippen LogP contribution in [0.2, 0.25) is 0 Å². The molecule has 0 spiro atoms. The summed E-state index contributed by atoms with van der Waals surface area (Å²) in [5.74, 6) is 2.88. The molecular formula is C9H14N2O3S2. The maximum Gasteiger partial charge on any atom is 0.271 e. The number of hydrogen-bond acceptors (Lipinski definition) is 5. The second-order valence-corrected chi connectivity index (χ2v) is 6.35. The van der Waals surface area contributed by atoms with Gasteiger partial charge in [0.15, 0.2) is 0 Å². The number of rotatable bonds is 4. The Kier molecular flexibility index (Phi) is 3.58. The Bertz CT molecular complexity index is 449. The number of primary sulfonamides is 1. The molecule has 3 N–H and O–H groups in total. The summed E-state index contributed by atoms with van der Waals surface area (Å²) in [6.45, 7) is 0.542. The highest BCUT2D eigenvalue weighted by molar-refractivity contribution is 7.99. The van der Waals surface area contributed by atoms with Crippen LogP contribution < -0.4 is 10.5 Å². The van der Waals surface area contributed by atoms with Crippen LogP contribution in [0.1, 0.15) is 12.2 Å². The number of sulfonamides is 1. The summed E-state index contributed by atoms with van der Waals surface area (Å²) in [6, 6.07) is 3.51. The van der Waals surface area contributed by atoms with Gasteiger partial charge in [0.05, 0.1) is 6.54 Å². The van der Waals surface area contributed by atoms with Crippen LogP contribution in [-0.2, 0) is 16.6 Å². The lowest BCUT2D eigenvalue weighted by Gasteiger charge is -2.08. The van der Waals surface area contributed by atoms with Crippen molar-refractivity contribution >= 4 is 21.8 Å². The van der Waals surface area contributed by atoms with Gasteiger partial charge in [0.2, 0.25) is 5.09 Å². The molecule has 7 heteroatoms. The Morgan fingerprint density at radius 3 is 2.94 bits per heavy atom. The predicted molar refractivity (Wildman–Crippen MR) is 62.7 cm³/mol. The van der Waals surface area contributed by atoms with Gasteiger partial charge < -0.3 is 9.73 Å². The molecule has 1 unspecified atom stereocenters. The summed E-state index contributed by atoms with van der Waals surface area (Å²) < 4.78 is 27.1. The molecule has 2 heterocycles. The summed E-state index contributed by atoms with van der Waals surface area (Å²) in [6.07, 6.45) is 1.15. The van der Waals surface area contributed by atoms with E-state index in [0.29, 0.717) is 18.3 Å². The van der Waals surface area contributed by atoms with Gasteiger partial charge in [0, 0.05) is 11.8 Å². The van der Waals surface area contributed by atoms with Gasteiger partial charge in [-0.25, -0.2) is 13.6 Å². The molecule has 1 aromatic rings. The Balaban J connectivity index is 1.92. The van der Waals surface area contributed by atoms with Crippen molar-refractivity contribution in [3.63, 3.8) is 0 Å². The summed E-state index contributed by atoms with van der Waals surface area (Å²) in [4.78, 5) is 0. The first kappa shape index (κ1) is 12.0. The lowest BCUT2D eigenvalue weighted by atomic mass is 10.2. The van der Waals surface area contributed by atoms with E-state index < -0.39 is 10.0 Å². The Morgan fingerprint density at radius 1 is 1.56 bits per heavy atom. The molecule has 1 aliphatic rings. The number of nitrogens with one attached hydrogen (secondary N) is 1. The van der Waals surface area contributed by atoms with Gasteiger partial charge in [0.25, 0.3) is 10.0 Å². The van der Waals surface area contributed by atoms with Gasteiger partial charge in [-0.15, -0.1) is 0 Å². The fraction of sp³-hybridized carbons (Fsp3) is 0.556. The summed E-state index contributed by atoms with van der Waals surface area (Å²) in [7, 11) is -3.72. The summed E-state index contributed by atoms with van der Waals surface area (Å²) in [5.41, 5.74) is 0. The molecule has 1 saturated heterocycles. The minimum absolute atomic E-state index is 0.176. The maximum absolute atomic E-state index is 11.0. The highest BCUT2D eigenvalue weighted by Gasteiger charge is 2.16. The molecular weight excluding hydrogens is 248 g/mol. The molecule has 0 bridgehead atoms. The van der Waals surface area contributed by atoms with Crippen LogP contribution >= 0.6 is 11.8 Å². The molecule has 0 saturated carbocycles. The Morgan fingerprint density at radius 2 is 2.38 bits per heavy atom. The lowest BCUT2D eigenvalue weighted by Crippen LogP contribution is -2.27. The largest absolute Gasteiger partial charge is 0.447 e. The predicted octanol–water partition coefficient (Wildman–Crippen LogP) is 0.522. The average Bonchev–Trinajstić information content (AvgIpc) is 2.85. The molecule has 1 atom stereocenters. The molecule has 1 fully saturated rings. The number of nitrogens with two attached hydrogens (primary N) is 1. The lowest BCUT2D eigenvalue weighted by molar-refractivity contribution is 0.393. The maximum atomic E-state index is 11.0. The monoisotopic (exact) mass is 262 g/mol. The average molecular weight is 262 g/mol. The summed E-state index contributed by atoms with van der Waals surface area (Å²) >= 11 is 1.92. The van der Waals surface area contributed by atoms with E-state index in [0.717, 1.165) is 12.2 Å². The smallest absolute Gasteiger partial charge is 0.271 e. The summed E-state index contributed by atoms with van der Waals surface area (Å²) in [5, 5.41) is 8.08. The SMILES string of the molecule is NS(=O)(=O)c1ccc(CNC2CCSC2)o1. The zero-order valence-corrected chi connectivity index (χ0v) is 10.3. The van der Waals surface area contributed by atoms with Crippen LogP contribution in [0, 0.1) is 0 Å². The highest BCUT2D eigenvalue weighted by Crippen LogP contribution is 2.18. The molecule has 0 radical (unpaired) electrons. The van der Waals surface area contributed by atoms with Crippen LogP contribution in [0.4, 0.5) is 0 Å². The minimum Gasteiger partial charge on any atom is -0.447 e. The Labute approximate surface area is 98.8 Å². The molecule has 5 nitrogen and oxygen atoms in total. The van der Waals surface area contributed by atoms with E-state index in [4.69, 9.17) is 9.56 Å². The normalized spacial score (nSPS) is 21.4. The second-order valence-electron chi connectivity index (χ2n) is 3.71. The van der Waals surface area contributed by atoms with E-state index in [1.54, 1.807) is 6.07 Å². The molecule has 0 amide bonds. The Hall–Kier alpha value is -0.500. The van der Waals surface area contributed by atoms with Crippen molar-refractivity contribution in [2.75, 3.05) is 11.5 Å². The molecule has 16 heavy (non-hydrogen) atoms. The van der Waals surface area contributed by atoms with Crippen molar-refractivity contribution in [1.29, 1.82) is 0 Å². The number of hydrogen-bond donors (Lipinski definition) is 2. The molecule has 0 aliphatic carbocycles. The molecule has 90 valence electrons. The van der Waals surface area contributed by atoms with Crippen molar-refractivity contribution in [2.24, 2.45) is 5.14 Å². The number of furan rings is 1. The zero-order chi connectivity index (χ0) is 11.6. The third-order valence-electron chi connectivity index (χ3n) is 2.41. The number of thioether (sulfide) groups is 1. The van der Waals surface area contributed by atoms with Gasteiger partial charge in [-0.3, -0.25) is 0 Å². The van der Waals surface area contributed by atoms with E-state index in [-0.39, 0.29) is 5.09 Å². The van der Waals surface area contributed by atoms with Crippen LogP contribution in [0.25, 0.3) is 0 Å². The highest BCUT2D eigenvalue weighted by atomic mass is 32.2.